The van der Waals surface area contributed by atoms with Crippen molar-refractivity contribution < 1.29 is 14.4 Å². The van der Waals surface area contributed by atoms with Gasteiger partial charge in [-0.25, -0.2) is 0 Å². The zero-order valence-corrected chi connectivity index (χ0v) is 14.0. The second-order valence-corrected chi connectivity index (χ2v) is 6.36. The highest BCUT2D eigenvalue weighted by Gasteiger charge is 2.38. The average Bonchev–Trinajstić information content (AvgIpc) is 2.85. The number of rotatable bonds is 2. The van der Waals surface area contributed by atoms with Crippen molar-refractivity contribution in [2.24, 2.45) is 5.92 Å². The van der Waals surface area contributed by atoms with Gasteiger partial charge in [-0.05, 0) is 24.0 Å². The number of nitrogens with zero attached hydrogens (tertiary/aromatic N) is 1. The van der Waals surface area contributed by atoms with Gasteiger partial charge in [0, 0.05) is 18.5 Å². The Labute approximate surface area is 137 Å². The van der Waals surface area contributed by atoms with Crippen molar-refractivity contribution in [2.45, 2.75) is 52.6 Å². The molecule has 1 atom stereocenters. The first-order valence-corrected chi connectivity index (χ1v) is 8.16. The highest BCUT2D eigenvalue weighted by Crippen LogP contribution is 2.26. The van der Waals surface area contributed by atoms with Crippen molar-refractivity contribution in [3.8, 4) is 0 Å². The number of amides is 3. The molecule has 1 aromatic rings. The molecule has 3 amide bonds. The third-order valence-electron chi connectivity index (χ3n) is 4.25. The van der Waals surface area contributed by atoms with Crippen LogP contribution in [0.1, 0.15) is 56.0 Å². The molecule has 1 N–H and O–H groups in total. The van der Waals surface area contributed by atoms with E-state index in [9.17, 15) is 14.4 Å². The Bertz CT molecular complexity index is 610. The van der Waals surface area contributed by atoms with Gasteiger partial charge in [0.25, 0.3) is 5.91 Å². The number of piperidine rings is 1. The molecule has 23 heavy (non-hydrogen) atoms. The molecule has 2 heterocycles. The molecule has 1 unspecified atom stereocenters. The van der Waals surface area contributed by atoms with Crippen LogP contribution in [0, 0.1) is 5.92 Å². The molecule has 5 heteroatoms. The molecular weight excluding hydrogens is 292 g/mol. The Morgan fingerprint density at radius 1 is 1.22 bits per heavy atom. The van der Waals surface area contributed by atoms with Crippen molar-refractivity contribution in [3.05, 3.63) is 35.4 Å². The van der Waals surface area contributed by atoms with Gasteiger partial charge in [-0.2, -0.15) is 0 Å². The summed E-state index contributed by atoms with van der Waals surface area (Å²) in [4.78, 5) is 36.6. The summed E-state index contributed by atoms with van der Waals surface area (Å²) in [6.07, 6.45) is 2.00. The first-order valence-electron chi connectivity index (χ1n) is 8.16. The molecule has 2 aliphatic rings. The van der Waals surface area contributed by atoms with E-state index < -0.39 is 6.04 Å². The SMILES string of the molecule is CCC(C)C.O=C1CCC(N2Cc3ccccc3C2=O)C(=O)N1. The Morgan fingerprint density at radius 3 is 2.43 bits per heavy atom. The fourth-order valence-electron chi connectivity index (χ4n) is 2.51. The van der Waals surface area contributed by atoms with Crippen LogP contribution in [0.25, 0.3) is 0 Å². The summed E-state index contributed by atoms with van der Waals surface area (Å²) in [7, 11) is 0. The molecule has 1 aromatic carbocycles. The van der Waals surface area contributed by atoms with Crippen molar-refractivity contribution in [1.82, 2.24) is 10.2 Å². The molecule has 3 rings (SSSR count). The highest BCUT2D eigenvalue weighted by molar-refractivity contribution is 6.05. The van der Waals surface area contributed by atoms with Crippen molar-refractivity contribution in [1.29, 1.82) is 0 Å². The Balaban J connectivity index is 0.000000338. The maximum atomic E-state index is 12.2. The van der Waals surface area contributed by atoms with E-state index in [-0.39, 0.29) is 24.1 Å². The number of fused-ring (bicyclic) bond motifs is 1. The first-order chi connectivity index (χ1) is 10.9. The van der Waals surface area contributed by atoms with Gasteiger partial charge in [-0.1, -0.05) is 45.4 Å². The summed E-state index contributed by atoms with van der Waals surface area (Å²) >= 11 is 0. The number of carbonyl (C=O) groups excluding carboxylic acids is 3. The molecular formula is C18H24N2O3. The predicted octanol–water partition coefficient (Wildman–Crippen LogP) is 2.50. The predicted molar refractivity (Wildman–Crippen MR) is 87.6 cm³/mol. The topological polar surface area (TPSA) is 66.5 Å². The van der Waals surface area contributed by atoms with Crippen LogP contribution in [0.4, 0.5) is 0 Å². The summed E-state index contributed by atoms with van der Waals surface area (Å²) in [6, 6.07) is 6.82. The number of hydrogen-bond acceptors (Lipinski definition) is 3. The van der Waals surface area contributed by atoms with Gasteiger partial charge >= 0.3 is 0 Å². The van der Waals surface area contributed by atoms with Crippen molar-refractivity contribution in [3.63, 3.8) is 0 Å². The van der Waals surface area contributed by atoms with Gasteiger partial charge in [0.05, 0.1) is 0 Å². The van der Waals surface area contributed by atoms with Crippen LogP contribution in [0.3, 0.4) is 0 Å². The van der Waals surface area contributed by atoms with E-state index in [2.05, 4.69) is 26.1 Å². The molecule has 1 saturated heterocycles. The van der Waals surface area contributed by atoms with Gasteiger partial charge in [-0.15, -0.1) is 0 Å². The lowest BCUT2D eigenvalue weighted by atomic mass is 10.0. The third-order valence-corrected chi connectivity index (χ3v) is 4.25. The van der Waals surface area contributed by atoms with Gasteiger partial charge in [-0.3, -0.25) is 19.7 Å². The van der Waals surface area contributed by atoms with Crippen LogP contribution in [-0.4, -0.2) is 28.7 Å². The lowest BCUT2D eigenvalue weighted by molar-refractivity contribution is -0.136. The van der Waals surface area contributed by atoms with Crippen molar-refractivity contribution >= 4 is 17.7 Å². The quantitative estimate of drug-likeness (QED) is 0.853. The number of hydrogen-bond donors (Lipinski definition) is 1. The smallest absolute Gasteiger partial charge is 0.255 e. The number of carbonyl (C=O) groups is 3. The molecule has 0 saturated carbocycles. The Hall–Kier alpha value is -2.17. The monoisotopic (exact) mass is 316 g/mol. The summed E-state index contributed by atoms with van der Waals surface area (Å²) in [6.45, 7) is 7.09. The number of imide groups is 1. The van der Waals surface area contributed by atoms with E-state index in [1.165, 1.54) is 6.42 Å². The van der Waals surface area contributed by atoms with E-state index in [0.29, 0.717) is 18.5 Å². The Kier molecular flexibility index (Phi) is 5.53. The molecule has 5 nitrogen and oxygen atoms in total. The maximum Gasteiger partial charge on any atom is 0.255 e. The molecule has 0 spiro atoms. The molecule has 0 radical (unpaired) electrons. The molecule has 1 fully saturated rings. The summed E-state index contributed by atoms with van der Waals surface area (Å²) < 4.78 is 0. The van der Waals surface area contributed by atoms with Crippen molar-refractivity contribution in [2.75, 3.05) is 0 Å². The van der Waals surface area contributed by atoms with Gasteiger partial charge in [0.1, 0.15) is 6.04 Å². The zero-order chi connectivity index (χ0) is 17.0. The maximum absolute atomic E-state index is 12.2. The van der Waals surface area contributed by atoms with E-state index in [0.717, 1.165) is 11.5 Å². The second-order valence-electron chi connectivity index (χ2n) is 6.36. The largest absolute Gasteiger partial charge is 0.322 e. The zero-order valence-electron chi connectivity index (χ0n) is 14.0. The van der Waals surface area contributed by atoms with Crippen LogP contribution in [0.5, 0.6) is 0 Å². The second kappa shape index (κ2) is 7.40. The molecule has 0 bridgehead atoms. The van der Waals surface area contributed by atoms with Crippen LogP contribution < -0.4 is 5.32 Å². The van der Waals surface area contributed by atoms with Gasteiger partial charge < -0.3 is 4.90 Å². The van der Waals surface area contributed by atoms with Crippen LogP contribution in [0.15, 0.2) is 24.3 Å². The molecule has 0 aromatic heterocycles. The fraction of sp³-hybridized carbons (Fsp3) is 0.500. The van der Waals surface area contributed by atoms with E-state index in [1.54, 1.807) is 11.0 Å². The minimum atomic E-state index is -0.525. The summed E-state index contributed by atoms with van der Waals surface area (Å²) in [5.74, 6) is 0.128. The lowest BCUT2D eigenvalue weighted by Crippen LogP contribution is -2.52. The Morgan fingerprint density at radius 2 is 1.87 bits per heavy atom. The summed E-state index contributed by atoms with van der Waals surface area (Å²) in [5, 5.41) is 2.28. The lowest BCUT2D eigenvalue weighted by Gasteiger charge is -2.29. The highest BCUT2D eigenvalue weighted by atomic mass is 16.2. The average molecular weight is 316 g/mol. The molecule has 124 valence electrons. The number of benzene rings is 1. The first kappa shape index (κ1) is 17.2. The van der Waals surface area contributed by atoms with Crippen LogP contribution in [-0.2, 0) is 16.1 Å². The van der Waals surface area contributed by atoms with Gasteiger partial charge in [0.15, 0.2) is 0 Å². The van der Waals surface area contributed by atoms with E-state index >= 15 is 0 Å². The molecule has 0 aliphatic carbocycles. The minimum absolute atomic E-state index is 0.125. The van der Waals surface area contributed by atoms with Gasteiger partial charge in [0.2, 0.25) is 11.8 Å². The van der Waals surface area contributed by atoms with E-state index in [4.69, 9.17) is 0 Å². The summed E-state index contributed by atoms with van der Waals surface area (Å²) in [5.41, 5.74) is 1.59. The van der Waals surface area contributed by atoms with Crippen LogP contribution in [0.2, 0.25) is 0 Å². The number of nitrogens with one attached hydrogen (secondary N) is 1. The normalized spacial score (nSPS) is 20.1. The fourth-order valence-corrected chi connectivity index (χ4v) is 2.51. The third kappa shape index (κ3) is 3.97. The van der Waals surface area contributed by atoms with Crippen LogP contribution >= 0.6 is 0 Å². The van der Waals surface area contributed by atoms with E-state index in [1.807, 2.05) is 18.2 Å². The standard InChI is InChI=1S/C13H12N2O3.C5H12/c16-11-6-5-10(12(17)14-11)15-7-8-3-1-2-4-9(8)13(15)18;1-4-5(2)3/h1-4,10H,5-7H2,(H,14,16,17);5H,4H2,1-3H3. The minimum Gasteiger partial charge on any atom is -0.322 e. The molecule has 2 aliphatic heterocycles.